The van der Waals surface area contributed by atoms with E-state index in [9.17, 15) is 4.79 Å². The third kappa shape index (κ3) is 41.0. The second-order valence-electron chi connectivity index (χ2n) is 10.2. The molecule has 0 spiro atoms. The lowest BCUT2D eigenvalue weighted by atomic mass is 10.1. The summed E-state index contributed by atoms with van der Waals surface area (Å²) in [5.74, 6) is -0.145. The van der Waals surface area contributed by atoms with Gasteiger partial charge in [0.05, 0.1) is 126 Å². The van der Waals surface area contributed by atoms with Crippen molar-refractivity contribution >= 4 is 5.97 Å². The number of esters is 1. The van der Waals surface area contributed by atoms with Crippen LogP contribution < -0.4 is 0 Å². The molecule has 12 heteroatoms. The van der Waals surface area contributed by atoms with Gasteiger partial charge in [-0.3, -0.25) is 4.79 Å². The summed E-state index contributed by atoms with van der Waals surface area (Å²) in [6, 6.07) is 0. The quantitative estimate of drug-likeness (QED) is 0.0695. The molecule has 0 radical (unpaired) electrons. The summed E-state index contributed by atoms with van der Waals surface area (Å²) in [5, 5.41) is 0. The zero-order valence-electron chi connectivity index (χ0n) is 28.6. The minimum absolute atomic E-state index is 0.145. The summed E-state index contributed by atoms with van der Waals surface area (Å²) in [6.45, 7) is 15.3. The molecule has 45 heavy (non-hydrogen) atoms. The molecule has 0 atom stereocenters. The van der Waals surface area contributed by atoms with Gasteiger partial charge in [-0.2, -0.15) is 0 Å². The predicted molar refractivity (Wildman–Crippen MR) is 172 cm³/mol. The maximum atomic E-state index is 11.6. The van der Waals surface area contributed by atoms with Crippen molar-refractivity contribution in [1.29, 1.82) is 0 Å². The molecule has 0 rings (SSSR count). The van der Waals surface area contributed by atoms with Crippen LogP contribution in [0.3, 0.4) is 0 Å². The molecule has 0 saturated heterocycles. The van der Waals surface area contributed by atoms with Gasteiger partial charge < -0.3 is 52.1 Å². The number of unbranched alkanes of at least 4 members (excludes halogenated alkanes) is 6. The number of hydrogen-bond donors (Lipinski definition) is 0. The topological polar surface area (TPSA) is 119 Å². The highest BCUT2D eigenvalue weighted by molar-refractivity contribution is 5.69. The van der Waals surface area contributed by atoms with E-state index in [1.807, 2.05) is 0 Å². The van der Waals surface area contributed by atoms with Gasteiger partial charge in [-0.25, -0.2) is 0 Å². The lowest BCUT2D eigenvalue weighted by Gasteiger charge is -2.09. The molecule has 0 fully saturated rings. The van der Waals surface area contributed by atoms with Gasteiger partial charge in [-0.15, -0.1) is 0 Å². The second-order valence-corrected chi connectivity index (χ2v) is 10.2. The first-order valence-corrected chi connectivity index (χ1v) is 17.2. The fourth-order valence-electron chi connectivity index (χ4n) is 3.69. The Morgan fingerprint density at radius 3 is 0.911 bits per heavy atom. The van der Waals surface area contributed by atoms with Gasteiger partial charge in [0.2, 0.25) is 0 Å². The van der Waals surface area contributed by atoms with Crippen molar-refractivity contribution in [2.45, 2.75) is 71.6 Å². The third-order valence-electron chi connectivity index (χ3n) is 6.22. The van der Waals surface area contributed by atoms with Crippen molar-refractivity contribution in [3.63, 3.8) is 0 Å². The molecular formula is C33H66O12. The largest absolute Gasteiger partial charge is 0.463 e. The molecule has 0 unspecified atom stereocenters. The molecule has 0 amide bonds. The van der Waals surface area contributed by atoms with Crippen LogP contribution in [0.2, 0.25) is 0 Å². The zero-order chi connectivity index (χ0) is 32.6. The van der Waals surface area contributed by atoms with E-state index in [0.717, 1.165) is 25.9 Å². The van der Waals surface area contributed by atoms with Crippen molar-refractivity contribution in [2.75, 3.05) is 139 Å². The number of ether oxygens (including phenoxy) is 11. The molecule has 0 N–H and O–H groups in total. The Balaban J connectivity index is 3.08. The molecule has 0 aromatic carbocycles. The van der Waals surface area contributed by atoms with Crippen LogP contribution in [0.5, 0.6) is 0 Å². The average molecular weight is 655 g/mol. The van der Waals surface area contributed by atoms with Crippen LogP contribution in [0.15, 0.2) is 0 Å². The molecule has 0 aliphatic carbocycles. The van der Waals surface area contributed by atoms with Crippen molar-refractivity contribution in [2.24, 2.45) is 0 Å². The van der Waals surface area contributed by atoms with Gasteiger partial charge in [-0.05, 0) is 12.8 Å². The van der Waals surface area contributed by atoms with Crippen molar-refractivity contribution < 1.29 is 56.9 Å². The summed E-state index contributed by atoms with van der Waals surface area (Å²) in [7, 11) is 0. The summed E-state index contributed by atoms with van der Waals surface area (Å²) >= 11 is 0. The average Bonchev–Trinajstić information content (AvgIpc) is 3.04. The predicted octanol–water partition coefficient (Wildman–Crippen LogP) is 4.25. The molecule has 0 aliphatic rings. The molecule has 12 nitrogen and oxygen atoms in total. The first-order valence-electron chi connectivity index (χ1n) is 17.2. The molecular weight excluding hydrogens is 588 g/mol. The Morgan fingerprint density at radius 1 is 0.311 bits per heavy atom. The lowest BCUT2D eigenvalue weighted by molar-refractivity contribution is -0.145. The highest BCUT2D eigenvalue weighted by Crippen LogP contribution is 2.05. The number of hydrogen-bond acceptors (Lipinski definition) is 12. The van der Waals surface area contributed by atoms with Gasteiger partial charge in [0, 0.05) is 13.0 Å². The highest BCUT2D eigenvalue weighted by Gasteiger charge is 2.02. The fraction of sp³-hybridized carbons (Fsp3) is 0.970. The van der Waals surface area contributed by atoms with Gasteiger partial charge in [0.15, 0.2) is 0 Å². The van der Waals surface area contributed by atoms with Crippen molar-refractivity contribution in [1.82, 2.24) is 0 Å². The van der Waals surface area contributed by atoms with Gasteiger partial charge >= 0.3 is 5.97 Å². The SMILES string of the molecule is CCCCCCCC(=O)OCCOCCOCCOCCOCCOCCOCCOCCOCCOCCOCCCCC. The molecule has 0 bridgehead atoms. The van der Waals surface area contributed by atoms with E-state index in [-0.39, 0.29) is 12.6 Å². The Morgan fingerprint density at radius 2 is 0.578 bits per heavy atom. The minimum Gasteiger partial charge on any atom is -0.463 e. The molecule has 0 aliphatic heterocycles. The molecule has 0 heterocycles. The summed E-state index contributed by atoms with van der Waals surface area (Å²) in [4.78, 5) is 11.6. The van der Waals surface area contributed by atoms with E-state index >= 15 is 0 Å². The van der Waals surface area contributed by atoms with E-state index in [0.29, 0.717) is 132 Å². The highest BCUT2D eigenvalue weighted by atomic mass is 16.6. The van der Waals surface area contributed by atoms with Crippen LogP contribution in [-0.2, 0) is 56.9 Å². The number of rotatable bonds is 40. The van der Waals surface area contributed by atoms with Crippen LogP contribution in [-0.4, -0.2) is 145 Å². The van der Waals surface area contributed by atoms with Crippen LogP contribution in [0.25, 0.3) is 0 Å². The molecule has 0 saturated carbocycles. The lowest BCUT2D eigenvalue weighted by Crippen LogP contribution is -2.15. The second kappa shape index (κ2) is 41.1. The third-order valence-corrected chi connectivity index (χ3v) is 6.22. The van der Waals surface area contributed by atoms with E-state index in [1.165, 1.54) is 32.1 Å². The number of carbonyl (C=O) groups excluding carboxylic acids is 1. The van der Waals surface area contributed by atoms with Crippen LogP contribution in [0, 0.1) is 0 Å². The van der Waals surface area contributed by atoms with Gasteiger partial charge in [0.25, 0.3) is 0 Å². The van der Waals surface area contributed by atoms with E-state index in [1.54, 1.807) is 0 Å². The maximum absolute atomic E-state index is 11.6. The standard InChI is InChI=1S/C33H66O12/c1-3-5-7-8-9-11-33(34)45-32-31-44-30-29-43-28-27-42-26-25-41-24-23-40-22-21-39-20-19-38-18-17-37-16-15-36-14-13-35-12-10-6-4-2/h3-32H2,1-2H3. The molecule has 270 valence electrons. The van der Waals surface area contributed by atoms with Crippen molar-refractivity contribution in [3.05, 3.63) is 0 Å². The van der Waals surface area contributed by atoms with Gasteiger partial charge in [0.1, 0.15) is 6.61 Å². The smallest absolute Gasteiger partial charge is 0.305 e. The number of carbonyl (C=O) groups is 1. The Kier molecular flexibility index (Phi) is 40.2. The Hall–Kier alpha value is -0.930. The Bertz CT molecular complexity index is 556. The van der Waals surface area contributed by atoms with E-state index in [2.05, 4.69) is 13.8 Å². The van der Waals surface area contributed by atoms with E-state index in [4.69, 9.17) is 52.1 Å². The molecule has 0 aromatic heterocycles. The van der Waals surface area contributed by atoms with Crippen LogP contribution >= 0.6 is 0 Å². The van der Waals surface area contributed by atoms with Crippen molar-refractivity contribution in [3.8, 4) is 0 Å². The van der Waals surface area contributed by atoms with E-state index < -0.39 is 0 Å². The monoisotopic (exact) mass is 654 g/mol. The first kappa shape index (κ1) is 44.1. The minimum atomic E-state index is -0.145. The maximum Gasteiger partial charge on any atom is 0.305 e. The molecule has 0 aromatic rings. The van der Waals surface area contributed by atoms with Crippen LogP contribution in [0.4, 0.5) is 0 Å². The summed E-state index contributed by atoms with van der Waals surface area (Å²) < 4.78 is 59.8. The normalized spacial score (nSPS) is 11.4. The van der Waals surface area contributed by atoms with Crippen LogP contribution in [0.1, 0.15) is 71.6 Å². The fourth-order valence-corrected chi connectivity index (χ4v) is 3.69. The summed E-state index contributed by atoms with van der Waals surface area (Å²) in [5.41, 5.74) is 0. The first-order chi connectivity index (χ1) is 22.3. The zero-order valence-corrected chi connectivity index (χ0v) is 28.6. The Labute approximate surface area is 273 Å². The van der Waals surface area contributed by atoms with Gasteiger partial charge in [-0.1, -0.05) is 52.4 Å². The summed E-state index contributed by atoms with van der Waals surface area (Å²) in [6.07, 6.45) is 9.63.